The van der Waals surface area contributed by atoms with Gasteiger partial charge in [0.15, 0.2) is 0 Å². The number of amides is 3. The maximum absolute atomic E-state index is 13.2. The van der Waals surface area contributed by atoms with E-state index in [-0.39, 0.29) is 18.0 Å². The smallest absolute Gasteiger partial charge is 0.323 e. The Morgan fingerprint density at radius 1 is 0.846 bits per heavy atom. The maximum Gasteiger partial charge on any atom is 0.323 e. The van der Waals surface area contributed by atoms with E-state index >= 15 is 0 Å². The Morgan fingerprint density at radius 2 is 1.56 bits per heavy atom. The quantitative estimate of drug-likeness (QED) is 0.244. The number of hydrogen-bond acceptors (Lipinski definition) is 3. The second-order valence-electron chi connectivity index (χ2n) is 10.6. The van der Waals surface area contributed by atoms with Crippen molar-refractivity contribution in [2.24, 2.45) is 5.92 Å². The molecular weight excluding hydrogens is 484 g/mol. The zero-order chi connectivity index (χ0) is 27.2. The Labute approximate surface area is 230 Å². The Morgan fingerprint density at radius 3 is 2.33 bits per heavy atom. The van der Waals surface area contributed by atoms with E-state index in [1.165, 1.54) is 5.56 Å². The minimum atomic E-state index is -0.351. The summed E-state index contributed by atoms with van der Waals surface area (Å²) in [6.07, 6.45) is 3.24. The molecule has 0 unspecified atom stereocenters. The number of rotatable bonds is 7. The van der Waals surface area contributed by atoms with E-state index < -0.39 is 0 Å². The van der Waals surface area contributed by atoms with Crippen molar-refractivity contribution in [3.8, 4) is 0 Å². The number of urea groups is 1. The van der Waals surface area contributed by atoms with E-state index in [1.807, 2.05) is 68.4 Å². The average Bonchev–Trinajstić information content (AvgIpc) is 2.94. The molecule has 1 heterocycles. The van der Waals surface area contributed by atoms with Crippen LogP contribution in [0.5, 0.6) is 0 Å². The predicted octanol–water partition coefficient (Wildman–Crippen LogP) is 7.08. The molecule has 3 amide bonds. The van der Waals surface area contributed by atoms with E-state index in [9.17, 15) is 9.59 Å². The highest BCUT2D eigenvalue weighted by molar-refractivity contribution is 6.07. The minimum Gasteiger partial charge on any atom is -0.371 e. The summed E-state index contributed by atoms with van der Waals surface area (Å²) in [4.78, 5) is 28.5. The number of carbonyl (C=O) groups is 2. The molecule has 6 heteroatoms. The normalized spacial score (nSPS) is 13.9. The Hall–Kier alpha value is -4.32. The summed E-state index contributed by atoms with van der Waals surface area (Å²) in [5.74, 6) is 0.500. The van der Waals surface area contributed by atoms with Crippen LogP contribution in [-0.2, 0) is 6.42 Å². The van der Waals surface area contributed by atoms with Gasteiger partial charge in [0, 0.05) is 35.9 Å². The standard InChI is InChI=1S/C33H36N4O2/c1-23(2)34-32(38)29-22-27(35-33(39)36-30-14-8-12-26-11-6-7-13-28(26)30)15-16-31(29)37-19-17-25(18-20-37)21-24-9-4-3-5-10-24/h3-16,22-23,25H,17-21H2,1-2H3,(H,34,38)(H2,35,36,39). The van der Waals surface area contributed by atoms with Crippen LogP contribution < -0.4 is 20.9 Å². The summed E-state index contributed by atoms with van der Waals surface area (Å²) in [5, 5.41) is 10.9. The molecule has 6 nitrogen and oxygen atoms in total. The van der Waals surface area contributed by atoms with Gasteiger partial charge in [0.1, 0.15) is 0 Å². The van der Waals surface area contributed by atoms with Gasteiger partial charge in [-0.1, -0.05) is 66.7 Å². The molecule has 3 N–H and O–H groups in total. The highest BCUT2D eigenvalue weighted by atomic mass is 16.2. The van der Waals surface area contributed by atoms with Crippen molar-refractivity contribution in [2.45, 2.75) is 39.2 Å². The largest absolute Gasteiger partial charge is 0.371 e. The molecule has 1 fully saturated rings. The number of fused-ring (bicyclic) bond motifs is 1. The summed E-state index contributed by atoms with van der Waals surface area (Å²) in [5.41, 5.74) is 4.17. The van der Waals surface area contributed by atoms with Crippen LogP contribution >= 0.6 is 0 Å². The van der Waals surface area contributed by atoms with E-state index in [0.29, 0.717) is 17.2 Å². The second-order valence-corrected chi connectivity index (χ2v) is 10.6. The number of nitrogens with zero attached hydrogens (tertiary/aromatic N) is 1. The highest BCUT2D eigenvalue weighted by Crippen LogP contribution is 2.30. The molecule has 0 radical (unpaired) electrons. The van der Waals surface area contributed by atoms with Crippen molar-refractivity contribution in [3.63, 3.8) is 0 Å². The fraction of sp³-hybridized carbons (Fsp3) is 0.273. The molecule has 0 spiro atoms. The van der Waals surface area contributed by atoms with Crippen LogP contribution in [0, 0.1) is 5.92 Å². The Bertz CT molecular complexity index is 1440. The number of carbonyl (C=O) groups excluding carboxylic acids is 2. The van der Waals surface area contributed by atoms with Gasteiger partial charge < -0.3 is 20.9 Å². The van der Waals surface area contributed by atoms with Crippen LogP contribution in [0.25, 0.3) is 10.8 Å². The van der Waals surface area contributed by atoms with Crippen molar-refractivity contribution in [1.82, 2.24) is 5.32 Å². The third-order valence-electron chi connectivity index (χ3n) is 7.28. The molecule has 4 aromatic carbocycles. The van der Waals surface area contributed by atoms with Gasteiger partial charge in [-0.05, 0) is 74.2 Å². The van der Waals surface area contributed by atoms with Crippen molar-refractivity contribution in [1.29, 1.82) is 0 Å². The summed E-state index contributed by atoms with van der Waals surface area (Å²) < 4.78 is 0. The van der Waals surface area contributed by atoms with Crippen LogP contribution in [-0.4, -0.2) is 31.1 Å². The summed E-state index contributed by atoms with van der Waals surface area (Å²) in [7, 11) is 0. The SMILES string of the molecule is CC(C)NC(=O)c1cc(NC(=O)Nc2cccc3ccccc23)ccc1N1CCC(Cc2ccccc2)CC1. The zero-order valence-electron chi connectivity index (χ0n) is 22.6. The molecule has 1 aliphatic heterocycles. The van der Waals surface area contributed by atoms with Crippen LogP contribution in [0.4, 0.5) is 21.9 Å². The second kappa shape index (κ2) is 12.0. The number of piperidine rings is 1. The number of nitrogens with one attached hydrogen (secondary N) is 3. The van der Waals surface area contributed by atoms with Gasteiger partial charge >= 0.3 is 6.03 Å². The van der Waals surface area contributed by atoms with Crippen LogP contribution in [0.1, 0.15) is 42.6 Å². The van der Waals surface area contributed by atoms with Gasteiger partial charge in [-0.3, -0.25) is 4.79 Å². The Kier molecular flexibility index (Phi) is 8.11. The van der Waals surface area contributed by atoms with Crippen molar-refractivity contribution in [3.05, 3.63) is 102 Å². The average molecular weight is 521 g/mol. The first-order chi connectivity index (χ1) is 19.0. The summed E-state index contributed by atoms with van der Waals surface area (Å²) in [6, 6.07) is 29.7. The van der Waals surface area contributed by atoms with E-state index in [2.05, 4.69) is 51.2 Å². The fourth-order valence-corrected chi connectivity index (χ4v) is 5.36. The topological polar surface area (TPSA) is 73.5 Å². The molecule has 0 bridgehead atoms. The van der Waals surface area contributed by atoms with Crippen LogP contribution in [0.3, 0.4) is 0 Å². The van der Waals surface area contributed by atoms with E-state index in [0.717, 1.165) is 54.5 Å². The Balaban J connectivity index is 1.30. The van der Waals surface area contributed by atoms with Crippen molar-refractivity contribution in [2.75, 3.05) is 28.6 Å². The number of hydrogen-bond donors (Lipinski definition) is 3. The van der Waals surface area contributed by atoms with Gasteiger partial charge in [-0.25, -0.2) is 4.79 Å². The first-order valence-electron chi connectivity index (χ1n) is 13.8. The highest BCUT2D eigenvalue weighted by Gasteiger charge is 2.24. The summed E-state index contributed by atoms with van der Waals surface area (Å²) in [6.45, 7) is 5.69. The molecule has 39 heavy (non-hydrogen) atoms. The van der Waals surface area contributed by atoms with E-state index in [4.69, 9.17) is 0 Å². The molecule has 0 atom stereocenters. The van der Waals surface area contributed by atoms with Gasteiger partial charge in [-0.2, -0.15) is 0 Å². The number of anilines is 3. The van der Waals surface area contributed by atoms with Crippen LogP contribution in [0.15, 0.2) is 91.0 Å². The minimum absolute atomic E-state index is 0.00762. The van der Waals surface area contributed by atoms with Gasteiger partial charge in [-0.15, -0.1) is 0 Å². The number of benzene rings is 4. The van der Waals surface area contributed by atoms with Gasteiger partial charge in [0.25, 0.3) is 5.91 Å². The molecule has 1 aliphatic rings. The first-order valence-corrected chi connectivity index (χ1v) is 13.8. The van der Waals surface area contributed by atoms with Gasteiger partial charge in [0.2, 0.25) is 0 Å². The predicted molar refractivity (Wildman–Crippen MR) is 161 cm³/mol. The third kappa shape index (κ3) is 6.58. The van der Waals surface area contributed by atoms with Gasteiger partial charge in [0.05, 0.1) is 11.3 Å². The lowest BCUT2D eigenvalue weighted by Crippen LogP contribution is -2.37. The van der Waals surface area contributed by atoms with Crippen molar-refractivity contribution >= 4 is 39.8 Å². The molecule has 1 saturated heterocycles. The monoisotopic (exact) mass is 520 g/mol. The molecule has 200 valence electrons. The lowest BCUT2D eigenvalue weighted by atomic mass is 9.89. The molecular formula is C33H36N4O2. The first kappa shape index (κ1) is 26.3. The zero-order valence-corrected chi connectivity index (χ0v) is 22.6. The molecule has 0 aromatic heterocycles. The molecule has 4 aromatic rings. The molecule has 5 rings (SSSR count). The maximum atomic E-state index is 13.2. The van der Waals surface area contributed by atoms with Crippen molar-refractivity contribution < 1.29 is 9.59 Å². The molecule has 0 saturated carbocycles. The lowest BCUT2D eigenvalue weighted by Gasteiger charge is -2.35. The fourth-order valence-electron chi connectivity index (χ4n) is 5.36. The van der Waals surface area contributed by atoms with Crippen LogP contribution in [0.2, 0.25) is 0 Å². The third-order valence-corrected chi connectivity index (χ3v) is 7.28. The molecule has 0 aliphatic carbocycles. The lowest BCUT2D eigenvalue weighted by molar-refractivity contribution is 0.0943. The summed E-state index contributed by atoms with van der Waals surface area (Å²) >= 11 is 0. The van der Waals surface area contributed by atoms with E-state index in [1.54, 1.807) is 6.07 Å².